The highest BCUT2D eigenvalue weighted by molar-refractivity contribution is 8.01. The molecule has 0 bridgehead atoms. The fourth-order valence-electron chi connectivity index (χ4n) is 4.63. The van der Waals surface area contributed by atoms with Crippen LogP contribution in [0, 0.1) is 0 Å². The Balaban J connectivity index is 1.43. The van der Waals surface area contributed by atoms with Crippen molar-refractivity contribution in [3.05, 3.63) is 57.6 Å². The van der Waals surface area contributed by atoms with Gasteiger partial charge < -0.3 is 26.0 Å². The van der Waals surface area contributed by atoms with Gasteiger partial charge in [-0.1, -0.05) is 23.9 Å². The minimum absolute atomic E-state index is 0.136. The molecule has 0 saturated carbocycles. The Hall–Kier alpha value is -5.11. The highest BCUT2D eigenvalue weighted by atomic mass is 32.2. The first-order valence-electron chi connectivity index (χ1n) is 12.6. The summed E-state index contributed by atoms with van der Waals surface area (Å²) in [5.74, 6) is -2.59. The third-order valence-electron chi connectivity index (χ3n) is 6.67. The van der Waals surface area contributed by atoms with Crippen LogP contribution in [-0.2, 0) is 21.4 Å². The normalized spacial score (nSPS) is 18.2. The second-order valence-electron chi connectivity index (χ2n) is 9.34. The van der Waals surface area contributed by atoms with Crippen LogP contribution in [0.4, 0.5) is 10.5 Å². The van der Waals surface area contributed by atoms with Crippen LogP contribution in [0.5, 0.6) is 11.8 Å². The van der Waals surface area contributed by atoms with Crippen LogP contribution in [0.2, 0.25) is 0 Å². The van der Waals surface area contributed by atoms with E-state index in [4.69, 9.17) is 10.5 Å². The summed E-state index contributed by atoms with van der Waals surface area (Å²) >= 11 is 2.45. The van der Waals surface area contributed by atoms with Crippen molar-refractivity contribution >= 4 is 53.0 Å². The number of tetrazole rings is 1. The summed E-state index contributed by atoms with van der Waals surface area (Å²) in [6, 6.07) is 1.09. The number of anilines is 1. The zero-order valence-corrected chi connectivity index (χ0v) is 24.5. The number of carbonyl (C=O) groups excluding carboxylic acids is 3. The van der Waals surface area contributed by atoms with Crippen LogP contribution in [0.15, 0.2) is 51.7 Å². The summed E-state index contributed by atoms with van der Waals surface area (Å²) in [6.45, 7) is 0. The average Bonchev–Trinajstić information content (AvgIpc) is 3.41. The second-order valence-corrected chi connectivity index (χ2v) is 11.4. The van der Waals surface area contributed by atoms with Crippen molar-refractivity contribution < 1.29 is 34.1 Å². The standard InChI is InChI=1S/C24H24N10O8S2/c1-32-24(29-30-31-32)44-9-11-8-43-20-14(19(38)34(20)16(11)21(39)40)27-18(37)15(10-3-5-12(35)6-4-10)33(22(25)41)13-7-26-23(42-2)28-17(13)36/h3-7,14-15,20,35H,8-9H2,1-2H3,(H2,25,41)(H,27,37)(H,39,40)(H,26,28,36)/t14?,15?,20-/m0/s1. The quantitative estimate of drug-likeness (QED) is 0.133. The number of phenolic OH excluding ortho intramolecular Hbond substituents is 1. The minimum atomic E-state index is -1.60. The number of H-pyrrole nitrogens is 1. The van der Waals surface area contributed by atoms with E-state index in [2.05, 4.69) is 30.8 Å². The fraction of sp³-hybridized carbons (Fsp3) is 0.292. The Bertz CT molecular complexity index is 1730. The van der Waals surface area contributed by atoms with Crippen molar-refractivity contribution in [1.82, 2.24) is 40.4 Å². The number of phenols is 1. The average molecular weight is 645 g/mol. The number of carboxylic acids is 1. The number of β-lactam (4-membered cyclic amide) rings is 1. The zero-order valence-electron chi connectivity index (χ0n) is 22.9. The lowest BCUT2D eigenvalue weighted by molar-refractivity contribution is -0.150. The van der Waals surface area contributed by atoms with E-state index in [0.717, 1.165) is 11.1 Å². The van der Waals surface area contributed by atoms with E-state index in [1.165, 1.54) is 59.6 Å². The Morgan fingerprint density at radius 2 is 2.02 bits per heavy atom. The second kappa shape index (κ2) is 12.2. The number of carboxylic acid groups (broad SMARTS) is 1. The maximum atomic E-state index is 13.8. The van der Waals surface area contributed by atoms with Gasteiger partial charge in [0.15, 0.2) is 0 Å². The molecule has 4 amide bonds. The van der Waals surface area contributed by atoms with E-state index in [-0.39, 0.29) is 34.5 Å². The number of hydrogen-bond acceptors (Lipinski definition) is 13. The molecular formula is C24H24N10O8S2. The first-order valence-corrected chi connectivity index (χ1v) is 14.6. The predicted octanol–water partition coefficient (Wildman–Crippen LogP) is -0.835. The van der Waals surface area contributed by atoms with Gasteiger partial charge in [-0.2, -0.15) is 0 Å². The van der Waals surface area contributed by atoms with E-state index in [1.54, 1.807) is 7.05 Å². The maximum absolute atomic E-state index is 13.8. The summed E-state index contributed by atoms with van der Waals surface area (Å²) in [4.78, 5) is 73.0. The largest absolute Gasteiger partial charge is 0.508 e. The molecule has 2 aliphatic rings. The van der Waals surface area contributed by atoms with E-state index in [0.29, 0.717) is 15.6 Å². The number of nitrogens with zero attached hydrogens (tertiary/aromatic N) is 7. The smallest absolute Gasteiger partial charge is 0.352 e. The van der Waals surface area contributed by atoms with Gasteiger partial charge in [-0.05, 0) is 33.7 Å². The minimum Gasteiger partial charge on any atom is -0.508 e. The molecule has 1 fully saturated rings. The molecular weight excluding hydrogens is 620 g/mol. The van der Waals surface area contributed by atoms with Crippen molar-refractivity contribution in [2.45, 2.75) is 22.6 Å². The Kier molecular flexibility index (Phi) is 8.45. The number of hydrogen-bond donors (Lipinski definition) is 5. The number of ether oxygens (including phenoxy) is 1. The molecule has 0 spiro atoms. The first kappa shape index (κ1) is 30.4. The van der Waals surface area contributed by atoms with Crippen molar-refractivity contribution in [1.29, 1.82) is 0 Å². The number of fused-ring (bicyclic) bond motifs is 1. The predicted molar refractivity (Wildman–Crippen MR) is 154 cm³/mol. The molecule has 20 heteroatoms. The van der Waals surface area contributed by atoms with Crippen LogP contribution >= 0.6 is 23.5 Å². The molecule has 2 unspecified atom stereocenters. The van der Waals surface area contributed by atoms with Gasteiger partial charge in [0.25, 0.3) is 17.5 Å². The molecule has 18 nitrogen and oxygen atoms in total. The number of urea groups is 1. The summed E-state index contributed by atoms with van der Waals surface area (Å²) in [5.41, 5.74) is 4.81. The molecule has 5 rings (SSSR count). The highest BCUT2D eigenvalue weighted by Gasteiger charge is 2.55. The van der Waals surface area contributed by atoms with Gasteiger partial charge in [0.1, 0.15) is 34.6 Å². The van der Waals surface area contributed by atoms with E-state index < -0.39 is 52.5 Å². The van der Waals surface area contributed by atoms with E-state index >= 15 is 0 Å². The van der Waals surface area contributed by atoms with Crippen molar-refractivity contribution in [2.75, 3.05) is 23.5 Å². The SMILES string of the molecule is COc1ncc(N(C(N)=O)C(C(=O)NC2C(=O)N3C(C(=O)O)=C(CSc4nnnn4C)CS[C@@H]23)c2ccc(O)cc2)c(=O)[nH]1. The van der Waals surface area contributed by atoms with E-state index in [1.807, 2.05) is 0 Å². The van der Waals surface area contributed by atoms with Crippen molar-refractivity contribution in [3.63, 3.8) is 0 Å². The Morgan fingerprint density at radius 1 is 1.30 bits per heavy atom. The van der Waals surface area contributed by atoms with Gasteiger partial charge in [0.2, 0.25) is 11.1 Å². The number of aryl methyl sites for hydroxylation is 1. The molecule has 1 saturated heterocycles. The molecule has 44 heavy (non-hydrogen) atoms. The summed E-state index contributed by atoms with van der Waals surface area (Å²) in [5, 5.41) is 33.2. The molecule has 4 heterocycles. The number of amides is 4. The number of aliphatic carboxylic acids is 1. The van der Waals surface area contributed by atoms with Crippen molar-refractivity contribution in [2.24, 2.45) is 12.8 Å². The number of rotatable bonds is 10. The molecule has 6 N–H and O–H groups in total. The van der Waals surface area contributed by atoms with Gasteiger partial charge in [-0.15, -0.1) is 16.9 Å². The monoisotopic (exact) mass is 644 g/mol. The number of carbonyl (C=O) groups is 4. The molecule has 1 aromatic carbocycles. The van der Waals surface area contributed by atoms with Gasteiger partial charge in [0, 0.05) is 18.6 Å². The lowest BCUT2D eigenvalue weighted by Gasteiger charge is -2.49. The van der Waals surface area contributed by atoms with E-state index in [9.17, 15) is 34.2 Å². The Labute approximate surface area is 255 Å². The number of primary amides is 1. The summed E-state index contributed by atoms with van der Waals surface area (Å²) < 4.78 is 6.33. The molecule has 0 aliphatic carbocycles. The molecule has 0 radical (unpaired) electrons. The third kappa shape index (κ3) is 5.63. The van der Waals surface area contributed by atoms with Gasteiger partial charge in [0.05, 0.1) is 13.3 Å². The molecule has 2 aliphatic heterocycles. The van der Waals surface area contributed by atoms with Gasteiger partial charge >= 0.3 is 12.0 Å². The number of benzene rings is 1. The zero-order chi connectivity index (χ0) is 31.7. The lowest BCUT2D eigenvalue weighted by atomic mass is 10.00. The van der Waals surface area contributed by atoms with Crippen LogP contribution < -0.4 is 26.2 Å². The van der Waals surface area contributed by atoms with Crippen LogP contribution in [0.1, 0.15) is 11.6 Å². The number of aromatic amines is 1. The van der Waals surface area contributed by atoms with Crippen LogP contribution in [0.3, 0.4) is 0 Å². The fourth-order valence-corrected chi connectivity index (χ4v) is 6.96. The number of nitrogens with two attached hydrogens (primary N) is 1. The Morgan fingerprint density at radius 3 is 2.61 bits per heavy atom. The van der Waals surface area contributed by atoms with Crippen LogP contribution in [-0.4, -0.2) is 99.1 Å². The molecule has 3 atom stereocenters. The van der Waals surface area contributed by atoms with Gasteiger partial charge in [-0.25, -0.2) is 19.3 Å². The number of thioether (sulfide) groups is 2. The topological polar surface area (TPSA) is 252 Å². The first-order chi connectivity index (χ1) is 21.0. The van der Waals surface area contributed by atoms with Crippen LogP contribution in [0.25, 0.3) is 0 Å². The maximum Gasteiger partial charge on any atom is 0.352 e. The highest BCUT2D eigenvalue weighted by Crippen LogP contribution is 2.42. The lowest BCUT2D eigenvalue weighted by Crippen LogP contribution is -2.71. The summed E-state index contributed by atoms with van der Waals surface area (Å²) in [7, 11) is 2.90. The molecule has 3 aromatic rings. The number of methoxy groups -OCH3 is 1. The third-order valence-corrected chi connectivity index (χ3v) is 9.10. The van der Waals surface area contributed by atoms with Gasteiger partial charge in [-0.3, -0.25) is 29.2 Å². The summed E-state index contributed by atoms with van der Waals surface area (Å²) in [6.07, 6.45) is 0.997. The number of nitrogens with one attached hydrogen (secondary N) is 2. The number of aromatic hydroxyl groups is 1. The number of aromatic nitrogens is 6. The molecule has 2 aromatic heterocycles. The molecule has 230 valence electrons. The van der Waals surface area contributed by atoms with Crippen molar-refractivity contribution in [3.8, 4) is 11.8 Å².